The summed E-state index contributed by atoms with van der Waals surface area (Å²) in [6.07, 6.45) is 3.23. The number of ether oxygens (including phenoxy) is 8. The van der Waals surface area contributed by atoms with Crippen molar-refractivity contribution >= 4 is 17.7 Å². The Morgan fingerprint density at radius 3 is 1.18 bits per heavy atom. The summed E-state index contributed by atoms with van der Waals surface area (Å²) in [5.74, 6) is -1.42. The summed E-state index contributed by atoms with van der Waals surface area (Å²) >= 11 is 0. The van der Waals surface area contributed by atoms with Gasteiger partial charge in [0.2, 0.25) is 0 Å². The van der Waals surface area contributed by atoms with Crippen LogP contribution in [0.3, 0.4) is 0 Å². The van der Waals surface area contributed by atoms with Crippen LogP contribution in [0.25, 0.3) is 20.9 Å². The van der Waals surface area contributed by atoms with Crippen LogP contribution in [0.1, 0.15) is 36.6 Å². The van der Waals surface area contributed by atoms with Crippen LogP contribution in [0.4, 0.5) is 0 Å². The molecule has 3 N–H and O–H groups in total. The molecule has 0 radical (unpaired) electrons. The molecule has 0 aliphatic heterocycles. The van der Waals surface area contributed by atoms with Gasteiger partial charge in [-0.2, -0.15) is 0 Å². The van der Waals surface area contributed by atoms with Crippen LogP contribution < -0.4 is 16.0 Å². The molecule has 2 rings (SSSR count). The summed E-state index contributed by atoms with van der Waals surface area (Å²) in [5, 5.41) is 15.0. The SMILES string of the molecule is [N-]=[N+]=NCCOCCOCCOCCOCCNC(=O)c1cc(C(=O)NCCOCCOCCOCCOCCN=[N+]=[N-])cc(C(=O)NCc2ccncc2)c1. The number of hydrogen-bond donors (Lipinski definition) is 3. The van der Waals surface area contributed by atoms with Crippen LogP contribution in [0.2, 0.25) is 0 Å². The van der Waals surface area contributed by atoms with Gasteiger partial charge in [-0.25, -0.2) is 0 Å². The van der Waals surface area contributed by atoms with Gasteiger partial charge in [-0.15, -0.1) is 0 Å². The maximum Gasteiger partial charge on any atom is 0.251 e. The normalized spacial score (nSPS) is 10.6. The molecule has 56 heavy (non-hydrogen) atoms. The summed E-state index contributed by atoms with van der Waals surface area (Å²) in [6, 6.07) is 7.81. The largest absolute Gasteiger partial charge is 0.379 e. The minimum atomic E-state index is -0.481. The molecule has 0 fully saturated rings. The van der Waals surface area contributed by atoms with Crippen molar-refractivity contribution in [1.82, 2.24) is 20.9 Å². The number of carbonyl (C=O) groups is 3. The molecule has 21 heteroatoms. The van der Waals surface area contributed by atoms with E-state index in [0.29, 0.717) is 92.5 Å². The molecule has 3 amide bonds. The predicted molar refractivity (Wildman–Crippen MR) is 201 cm³/mol. The monoisotopic (exact) mass is 788 g/mol. The van der Waals surface area contributed by atoms with Crippen molar-refractivity contribution in [3.05, 3.63) is 85.9 Å². The van der Waals surface area contributed by atoms with Crippen LogP contribution in [-0.2, 0) is 44.4 Å². The highest BCUT2D eigenvalue weighted by molar-refractivity contribution is 6.04. The van der Waals surface area contributed by atoms with E-state index in [0.717, 1.165) is 5.56 Å². The van der Waals surface area contributed by atoms with E-state index in [2.05, 4.69) is 41.0 Å². The first kappa shape index (κ1) is 47.2. The molecule has 0 unspecified atom stereocenters. The van der Waals surface area contributed by atoms with E-state index in [9.17, 15) is 14.4 Å². The molecule has 21 nitrogen and oxygen atoms in total. The highest BCUT2D eigenvalue weighted by Gasteiger charge is 2.16. The van der Waals surface area contributed by atoms with E-state index < -0.39 is 17.7 Å². The Hall–Kier alpha value is -4.92. The Labute approximate surface area is 325 Å². The lowest BCUT2D eigenvalue weighted by Crippen LogP contribution is -2.31. The number of nitrogens with one attached hydrogen (secondary N) is 3. The Morgan fingerprint density at radius 2 is 0.821 bits per heavy atom. The van der Waals surface area contributed by atoms with Crippen molar-refractivity contribution < 1.29 is 52.3 Å². The topological polar surface area (TPSA) is 272 Å². The third-order valence-corrected chi connectivity index (χ3v) is 7.02. The minimum Gasteiger partial charge on any atom is -0.379 e. The number of amides is 3. The van der Waals surface area contributed by atoms with Gasteiger partial charge in [0.15, 0.2) is 0 Å². The molecular formula is C35H52N10O11. The number of carbonyl (C=O) groups excluding carboxylic acids is 3. The molecular weight excluding hydrogens is 736 g/mol. The average molecular weight is 789 g/mol. The Balaban J connectivity index is 1.70. The van der Waals surface area contributed by atoms with Crippen LogP contribution in [0.15, 0.2) is 53.0 Å². The first-order valence-corrected chi connectivity index (χ1v) is 18.1. The second-order valence-electron chi connectivity index (χ2n) is 11.2. The third-order valence-electron chi connectivity index (χ3n) is 7.02. The summed E-state index contributed by atoms with van der Waals surface area (Å²) in [5.41, 5.74) is 17.6. The molecule has 0 saturated heterocycles. The predicted octanol–water partition coefficient (Wildman–Crippen LogP) is 2.22. The highest BCUT2D eigenvalue weighted by atomic mass is 16.6. The van der Waals surface area contributed by atoms with Gasteiger partial charge in [0.25, 0.3) is 17.7 Å². The molecule has 0 aliphatic rings. The quantitative estimate of drug-likeness (QED) is 0.0393. The zero-order chi connectivity index (χ0) is 40.2. The van der Waals surface area contributed by atoms with E-state index in [4.69, 9.17) is 49.0 Å². The van der Waals surface area contributed by atoms with E-state index in [1.54, 1.807) is 24.5 Å². The van der Waals surface area contributed by atoms with Crippen molar-refractivity contribution in [3.63, 3.8) is 0 Å². The zero-order valence-electron chi connectivity index (χ0n) is 31.5. The lowest BCUT2D eigenvalue weighted by molar-refractivity contribution is -0.000575. The molecule has 1 aromatic heterocycles. The molecule has 0 saturated carbocycles. The van der Waals surface area contributed by atoms with Crippen LogP contribution in [0.5, 0.6) is 0 Å². The van der Waals surface area contributed by atoms with E-state index in [1.165, 1.54) is 18.2 Å². The zero-order valence-corrected chi connectivity index (χ0v) is 31.5. The molecule has 0 atom stereocenters. The number of aromatic nitrogens is 1. The Bertz CT molecular complexity index is 1400. The smallest absolute Gasteiger partial charge is 0.251 e. The standard InChI is InChI=1S/C35H52N10O11/c36-44-42-7-11-51-15-19-55-23-21-53-17-13-49-9-5-39-33(46)30-25-31(27-32(26-30)35(48)41-28-29-1-3-38-4-2-29)34(47)40-6-10-50-14-18-54-22-24-56-20-16-52-12-8-43-45-37/h1-4,25-27H,5-24,28H2,(H,39,46)(H,40,47)(H,41,48). The lowest BCUT2D eigenvalue weighted by Gasteiger charge is -2.12. The first-order chi connectivity index (χ1) is 27.5. The number of hydrogen-bond acceptors (Lipinski definition) is 14. The lowest BCUT2D eigenvalue weighted by atomic mass is 10.0. The number of azide groups is 2. The fourth-order valence-electron chi connectivity index (χ4n) is 4.31. The van der Waals surface area contributed by atoms with E-state index in [1.807, 2.05) is 0 Å². The molecule has 308 valence electrons. The number of pyridine rings is 1. The van der Waals surface area contributed by atoms with Gasteiger partial charge in [0.1, 0.15) is 0 Å². The van der Waals surface area contributed by atoms with Crippen LogP contribution >= 0.6 is 0 Å². The second kappa shape index (κ2) is 33.4. The van der Waals surface area contributed by atoms with Gasteiger partial charge in [-0.1, -0.05) is 10.2 Å². The molecule has 0 spiro atoms. The molecule has 2 aromatic rings. The maximum atomic E-state index is 13.1. The van der Waals surface area contributed by atoms with Crippen LogP contribution in [-0.4, -0.2) is 155 Å². The summed E-state index contributed by atoms with van der Waals surface area (Å²) in [7, 11) is 0. The van der Waals surface area contributed by atoms with Gasteiger partial charge in [-0.3, -0.25) is 19.4 Å². The van der Waals surface area contributed by atoms with Crippen molar-refractivity contribution in [2.45, 2.75) is 6.54 Å². The minimum absolute atomic E-state index is 0.131. The summed E-state index contributed by atoms with van der Waals surface area (Å²) < 4.78 is 43.2. The number of benzene rings is 1. The van der Waals surface area contributed by atoms with Crippen LogP contribution in [0, 0.1) is 0 Å². The Kier molecular flexibility index (Phi) is 28.2. The highest BCUT2D eigenvalue weighted by Crippen LogP contribution is 2.12. The van der Waals surface area contributed by atoms with Gasteiger partial charge in [0, 0.05) is 71.6 Å². The molecule has 1 heterocycles. The summed E-state index contributed by atoms with van der Waals surface area (Å²) in [4.78, 5) is 48.5. The van der Waals surface area contributed by atoms with Crippen molar-refractivity contribution in [3.8, 4) is 0 Å². The van der Waals surface area contributed by atoms with Gasteiger partial charge < -0.3 is 53.8 Å². The summed E-state index contributed by atoms with van der Waals surface area (Å²) in [6.45, 7) is 6.68. The van der Waals surface area contributed by atoms with Gasteiger partial charge >= 0.3 is 0 Å². The first-order valence-electron chi connectivity index (χ1n) is 18.1. The third kappa shape index (κ3) is 24.5. The fourth-order valence-corrected chi connectivity index (χ4v) is 4.31. The van der Waals surface area contributed by atoms with Crippen molar-refractivity contribution in [1.29, 1.82) is 0 Å². The fraction of sp³-hybridized carbons (Fsp3) is 0.600. The number of nitrogens with zero attached hydrogens (tertiary/aromatic N) is 7. The molecule has 1 aromatic carbocycles. The molecule has 0 bridgehead atoms. The molecule has 0 aliphatic carbocycles. The number of rotatable bonds is 35. The van der Waals surface area contributed by atoms with Gasteiger partial charge in [0.05, 0.1) is 106 Å². The maximum absolute atomic E-state index is 13.1. The Morgan fingerprint density at radius 1 is 0.500 bits per heavy atom. The van der Waals surface area contributed by atoms with E-state index >= 15 is 0 Å². The van der Waals surface area contributed by atoms with Gasteiger partial charge in [-0.05, 0) is 47.0 Å². The average Bonchev–Trinajstić information content (AvgIpc) is 3.22. The van der Waals surface area contributed by atoms with Crippen molar-refractivity contribution in [2.24, 2.45) is 10.2 Å². The second-order valence-corrected chi connectivity index (χ2v) is 11.2. The van der Waals surface area contributed by atoms with Crippen molar-refractivity contribution in [2.75, 3.05) is 132 Å². The van der Waals surface area contributed by atoms with E-state index in [-0.39, 0.29) is 62.6 Å².